The Bertz CT molecular complexity index is 722. The average Bonchev–Trinajstić information content (AvgIpc) is 2.98. The van der Waals surface area contributed by atoms with E-state index in [-0.39, 0.29) is 0 Å². The minimum atomic E-state index is 0.987. The molecule has 0 amide bonds. The van der Waals surface area contributed by atoms with Gasteiger partial charge in [-0.15, -0.1) is 0 Å². The number of hydrogen-bond donors (Lipinski definition) is 0. The summed E-state index contributed by atoms with van der Waals surface area (Å²) in [5.74, 6) is 0. The van der Waals surface area contributed by atoms with Gasteiger partial charge in [-0.2, -0.15) is 0 Å². The molecule has 0 aliphatic heterocycles. The van der Waals surface area contributed by atoms with Gasteiger partial charge >= 0.3 is 0 Å². The molecule has 3 nitrogen and oxygen atoms in total. The Morgan fingerprint density at radius 1 is 0.905 bits per heavy atom. The molecule has 21 heavy (non-hydrogen) atoms. The van der Waals surface area contributed by atoms with Crippen LogP contribution in [-0.4, -0.2) is 23.6 Å². The molecule has 0 aliphatic rings. The molecule has 0 N–H and O–H groups in total. The van der Waals surface area contributed by atoms with Crippen molar-refractivity contribution >= 4 is 5.69 Å². The van der Waals surface area contributed by atoms with Crippen LogP contribution >= 0.6 is 0 Å². The first-order valence-electron chi connectivity index (χ1n) is 7.02. The van der Waals surface area contributed by atoms with Crippen LogP contribution in [0.4, 0.5) is 5.69 Å². The number of benzene rings is 2. The lowest BCUT2D eigenvalue weighted by Crippen LogP contribution is -2.07. The SMILES string of the molecule is Cc1ccc(-n2cnc(-c3ccc(N(C)C)cc3)c2)cc1. The molecule has 0 bridgehead atoms. The molecule has 3 rings (SSSR count). The van der Waals surface area contributed by atoms with E-state index in [0.29, 0.717) is 0 Å². The molecule has 0 unspecified atom stereocenters. The Balaban J connectivity index is 1.89. The molecule has 0 radical (unpaired) electrons. The number of aromatic nitrogens is 2. The second-order valence-electron chi connectivity index (χ2n) is 5.44. The van der Waals surface area contributed by atoms with Crippen molar-refractivity contribution in [2.45, 2.75) is 6.92 Å². The lowest BCUT2D eigenvalue weighted by atomic mass is 10.1. The van der Waals surface area contributed by atoms with Gasteiger partial charge in [0, 0.05) is 37.2 Å². The molecule has 3 aromatic rings. The fourth-order valence-corrected chi connectivity index (χ4v) is 2.26. The van der Waals surface area contributed by atoms with E-state index in [1.54, 1.807) is 0 Å². The number of rotatable bonds is 3. The maximum atomic E-state index is 4.51. The normalized spacial score (nSPS) is 10.6. The molecule has 0 saturated heterocycles. The van der Waals surface area contributed by atoms with E-state index in [0.717, 1.165) is 16.9 Å². The van der Waals surface area contributed by atoms with Crippen molar-refractivity contribution in [2.75, 3.05) is 19.0 Å². The zero-order valence-electron chi connectivity index (χ0n) is 12.6. The van der Waals surface area contributed by atoms with Crippen LogP contribution in [0.1, 0.15) is 5.56 Å². The summed E-state index contributed by atoms with van der Waals surface area (Å²) in [6, 6.07) is 16.9. The Labute approximate surface area is 125 Å². The molecular formula is C18H19N3. The van der Waals surface area contributed by atoms with Crippen LogP contribution in [0.25, 0.3) is 16.9 Å². The summed E-state index contributed by atoms with van der Waals surface area (Å²) in [6.07, 6.45) is 3.93. The third kappa shape index (κ3) is 2.82. The van der Waals surface area contributed by atoms with Gasteiger partial charge < -0.3 is 9.47 Å². The molecule has 0 atom stereocenters. The first kappa shape index (κ1) is 13.4. The van der Waals surface area contributed by atoms with Gasteiger partial charge in [-0.3, -0.25) is 0 Å². The van der Waals surface area contributed by atoms with Crippen LogP contribution in [0.15, 0.2) is 61.1 Å². The monoisotopic (exact) mass is 277 g/mol. The van der Waals surface area contributed by atoms with Gasteiger partial charge in [0.2, 0.25) is 0 Å². The van der Waals surface area contributed by atoms with Gasteiger partial charge in [0.1, 0.15) is 0 Å². The summed E-state index contributed by atoms with van der Waals surface area (Å²) >= 11 is 0. The van der Waals surface area contributed by atoms with Crippen LogP contribution in [0, 0.1) is 6.92 Å². The summed E-state index contributed by atoms with van der Waals surface area (Å²) in [4.78, 5) is 6.60. The number of nitrogens with zero attached hydrogens (tertiary/aromatic N) is 3. The van der Waals surface area contributed by atoms with Crippen molar-refractivity contribution in [1.82, 2.24) is 9.55 Å². The van der Waals surface area contributed by atoms with Gasteiger partial charge in [0.25, 0.3) is 0 Å². The summed E-state index contributed by atoms with van der Waals surface area (Å²) in [5, 5.41) is 0. The predicted octanol–water partition coefficient (Wildman–Crippen LogP) is 3.91. The lowest BCUT2D eigenvalue weighted by molar-refractivity contribution is 1.06. The van der Waals surface area contributed by atoms with E-state index in [1.807, 2.05) is 20.4 Å². The number of aryl methyl sites for hydroxylation is 1. The largest absolute Gasteiger partial charge is 0.378 e. The van der Waals surface area contributed by atoms with Gasteiger partial charge in [-0.1, -0.05) is 29.8 Å². The summed E-state index contributed by atoms with van der Waals surface area (Å²) < 4.78 is 2.05. The molecule has 0 aliphatic carbocycles. The Kier molecular flexibility index (Phi) is 3.48. The van der Waals surface area contributed by atoms with Crippen molar-refractivity contribution in [3.05, 3.63) is 66.6 Å². The van der Waals surface area contributed by atoms with Gasteiger partial charge in [0.15, 0.2) is 0 Å². The maximum absolute atomic E-state index is 4.51. The molecular weight excluding hydrogens is 258 g/mol. The van der Waals surface area contributed by atoms with E-state index >= 15 is 0 Å². The molecule has 1 aromatic heterocycles. The third-order valence-electron chi connectivity index (χ3n) is 3.59. The Hall–Kier alpha value is -2.55. The molecule has 106 valence electrons. The second-order valence-corrected chi connectivity index (χ2v) is 5.44. The quantitative estimate of drug-likeness (QED) is 0.723. The summed E-state index contributed by atoms with van der Waals surface area (Å²) in [6.45, 7) is 2.09. The van der Waals surface area contributed by atoms with Crippen LogP contribution < -0.4 is 4.90 Å². The highest BCUT2D eigenvalue weighted by molar-refractivity contribution is 5.62. The molecule has 3 heteroatoms. The molecule has 0 saturated carbocycles. The van der Waals surface area contributed by atoms with Gasteiger partial charge in [0.05, 0.1) is 12.0 Å². The zero-order chi connectivity index (χ0) is 14.8. The fraction of sp³-hybridized carbons (Fsp3) is 0.167. The van der Waals surface area contributed by atoms with Crippen molar-refractivity contribution < 1.29 is 0 Å². The summed E-state index contributed by atoms with van der Waals surface area (Å²) in [5.41, 5.74) is 5.70. The van der Waals surface area contributed by atoms with E-state index in [9.17, 15) is 0 Å². The second kappa shape index (κ2) is 5.44. The summed E-state index contributed by atoms with van der Waals surface area (Å²) in [7, 11) is 4.09. The fourth-order valence-electron chi connectivity index (χ4n) is 2.26. The Morgan fingerprint density at radius 3 is 2.19 bits per heavy atom. The van der Waals surface area contributed by atoms with Crippen molar-refractivity contribution in [3.8, 4) is 16.9 Å². The molecule has 0 spiro atoms. The number of anilines is 1. The average molecular weight is 277 g/mol. The van der Waals surface area contributed by atoms with Crippen molar-refractivity contribution in [1.29, 1.82) is 0 Å². The third-order valence-corrected chi connectivity index (χ3v) is 3.59. The first-order valence-corrected chi connectivity index (χ1v) is 7.02. The highest BCUT2D eigenvalue weighted by Crippen LogP contribution is 2.22. The van der Waals surface area contributed by atoms with E-state index in [2.05, 4.69) is 76.1 Å². The molecule has 2 aromatic carbocycles. The topological polar surface area (TPSA) is 21.1 Å². The van der Waals surface area contributed by atoms with Crippen LogP contribution in [-0.2, 0) is 0 Å². The van der Waals surface area contributed by atoms with Crippen LogP contribution in [0.2, 0.25) is 0 Å². The van der Waals surface area contributed by atoms with Crippen LogP contribution in [0.3, 0.4) is 0 Å². The van der Waals surface area contributed by atoms with E-state index in [1.165, 1.54) is 11.3 Å². The minimum Gasteiger partial charge on any atom is -0.378 e. The predicted molar refractivity (Wildman–Crippen MR) is 88.1 cm³/mol. The molecule has 1 heterocycles. The lowest BCUT2D eigenvalue weighted by Gasteiger charge is -2.12. The standard InChI is InChI=1S/C18H19N3/c1-14-4-8-17(9-5-14)21-12-18(19-13-21)15-6-10-16(11-7-15)20(2)3/h4-13H,1-3H3. The Morgan fingerprint density at radius 2 is 1.57 bits per heavy atom. The smallest absolute Gasteiger partial charge is 0.0999 e. The van der Waals surface area contributed by atoms with Gasteiger partial charge in [-0.25, -0.2) is 4.98 Å². The zero-order valence-corrected chi connectivity index (χ0v) is 12.6. The molecule has 0 fully saturated rings. The number of imidazole rings is 1. The maximum Gasteiger partial charge on any atom is 0.0999 e. The van der Waals surface area contributed by atoms with Crippen molar-refractivity contribution in [2.24, 2.45) is 0 Å². The number of hydrogen-bond acceptors (Lipinski definition) is 2. The first-order chi connectivity index (χ1) is 10.1. The van der Waals surface area contributed by atoms with E-state index in [4.69, 9.17) is 0 Å². The minimum absolute atomic E-state index is 0.987. The van der Waals surface area contributed by atoms with Crippen molar-refractivity contribution in [3.63, 3.8) is 0 Å². The highest BCUT2D eigenvalue weighted by Gasteiger charge is 2.04. The highest BCUT2D eigenvalue weighted by atomic mass is 15.1. The van der Waals surface area contributed by atoms with Gasteiger partial charge in [-0.05, 0) is 31.2 Å². The van der Waals surface area contributed by atoms with E-state index < -0.39 is 0 Å². The van der Waals surface area contributed by atoms with Crippen LogP contribution in [0.5, 0.6) is 0 Å².